The number of alkyl halides is 1. The van der Waals surface area contributed by atoms with Gasteiger partial charge in [0.1, 0.15) is 0 Å². The lowest BCUT2D eigenvalue weighted by Gasteiger charge is -2.32. The van der Waals surface area contributed by atoms with Gasteiger partial charge in [0, 0.05) is 19.6 Å². The minimum absolute atomic E-state index is 0.890. The molecule has 22 heavy (non-hydrogen) atoms. The van der Waals surface area contributed by atoms with Crippen molar-refractivity contribution >= 4 is 22.6 Å². The first kappa shape index (κ1) is 22.7. The molecule has 2 heteroatoms. The van der Waals surface area contributed by atoms with Gasteiger partial charge in [0.25, 0.3) is 0 Å². The van der Waals surface area contributed by atoms with E-state index in [0.29, 0.717) is 0 Å². The standard InChI is InChI=1S/C20H42IN/c1-6-18(7-2)15-22(16-19(8-3)9-4)17-20(10-5)13-11-12-14-21/h18-20H,6-17H2,1-5H3. The molecule has 1 unspecified atom stereocenters. The van der Waals surface area contributed by atoms with Gasteiger partial charge in [0.05, 0.1) is 0 Å². The molecule has 0 radical (unpaired) electrons. The molecule has 0 heterocycles. The van der Waals surface area contributed by atoms with Crippen molar-refractivity contribution in [2.24, 2.45) is 17.8 Å². The number of rotatable bonds is 15. The monoisotopic (exact) mass is 423 g/mol. The molecule has 0 aliphatic heterocycles. The van der Waals surface area contributed by atoms with E-state index in [9.17, 15) is 0 Å². The number of unbranched alkanes of at least 4 members (excludes halogenated alkanes) is 1. The first-order valence-electron chi connectivity index (χ1n) is 9.93. The largest absolute Gasteiger partial charge is 0.303 e. The molecule has 0 saturated heterocycles. The zero-order chi connectivity index (χ0) is 16.8. The molecular weight excluding hydrogens is 381 g/mol. The zero-order valence-electron chi connectivity index (χ0n) is 16.0. The molecular formula is C20H42IN. The molecule has 0 aromatic carbocycles. The first-order valence-corrected chi connectivity index (χ1v) is 11.5. The molecule has 0 aliphatic rings. The Bertz CT molecular complexity index is 210. The van der Waals surface area contributed by atoms with E-state index in [-0.39, 0.29) is 0 Å². The Morgan fingerprint density at radius 3 is 1.41 bits per heavy atom. The normalized spacial score (nSPS) is 13.5. The summed E-state index contributed by atoms with van der Waals surface area (Å²) in [7, 11) is 0. The maximum atomic E-state index is 2.83. The third-order valence-electron chi connectivity index (χ3n) is 5.43. The van der Waals surface area contributed by atoms with Crippen molar-refractivity contribution in [3.8, 4) is 0 Å². The van der Waals surface area contributed by atoms with Gasteiger partial charge in [-0.15, -0.1) is 0 Å². The van der Waals surface area contributed by atoms with Crippen LogP contribution in [0.15, 0.2) is 0 Å². The number of hydrogen-bond donors (Lipinski definition) is 0. The number of hydrogen-bond acceptors (Lipinski definition) is 1. The highest BCUT2D eigenvalue weighted by molar-refractivity contribution is 14.1. The van der Waals surface area contributed by atoms with Gasteiger partial charge in [-0.3, -0.25) is 0 Å². The number of halogens is 1. The fourth-order valence-corrected chi connectivity index (χ4v) is 3.90. The van der Waals surface area contributed by atoms with Crippen molar-refractivity contribution in [3.05, 3.63) is 0 Å². The van der Waals surface area contributed by atoms with Crippen molar-refractivity contribution in [1.29, 1.82) is 0 Å². The van der Waals surface area contributed by atoms with Crippen molar-refractivity contribution in [1.82, 2.24) is 4.90 Å². The first-order chi connectivity index (χ1) is 10.6. The molecule has 1 atom stereocenters. The van der Waals surface area contributed by atoms with Crippen LogP contribution in [-0.2, 0) is 0 Å². The molecule has 0 fully saturated rings. The van der Waals surface area contributed by atoms with Gasteiger partial charge in [0.2, 0.25) is 0 Å². The predicted molar refractivity (Wildman–Crippen MR) is 111 cm³/mol. The second kappa shape index (κ2) is 15.2. The average molecular weight is 423 g/mol. The summed E-state index contributed by atoms with van der Waals surface area (Å²) in [4.78, 5) is 2.83. The summed E-state index contributed by atoms with van der Waals surface area (Å²) in [6, 6.07) is 0. The van der Waals surface area contributed by atoms with Crippen LogP contribution in [0.4, 0.5) is 0 Å². The molecule has 0 N–H and O–H groups in total. The predicted octanol–water partition coefficient (Wildman–Crippen LogP) is 6.79. The van der Waals surface area contributed by atoms with Crippen LogP contribution in [0.25, 0.3) is 0 Å². The SMILES string of the molecule is CCC(CC)CN(CC(CC)CC)CC(CC)CCCCI. The van der Waals surface area contributed by atoms with Gasteiger partial charge in [0.15, 0.2) is 0 Å². The molecule has 1 nitrogen and oxygen atoms in total. The van der Waals surface area contributed by atoms with E-state index in [2.05, 4.69) is 62.1 Å². The summed E-state index contributed by atoms with van der Waals surface area (Å²) in [5.41, 5.74) is 0. The van der Waals surface area contributed by atoms with Crippen molar-refractivity contribution in [2.45, 2.75) is 86.0 Å². The maximum Gasteiger partial charge on any atom is 0.000979 e. The van der Waals surface area contributed by atoms with E-state index in [1.165, 1.54) is 75.4 Å². The van der Waals surface area contributed by atoms with Gasteiger partial charge < -0.3 is 4.90 Å². The third-order valence-corrected chi connectivity index (χ3v) is 6.19. The van der Waals surface area contributed by atoms with Crippen LogP contribution in [0.5, 0.6) is 0 Å². The fraction of sp³-hybridized carbons (Fsp3) is 1.00. The fourth-order valence-electron chi connectivity index (χ4n) is 3.36. The van der Waals surface area contributed by atoms with Gasteiger partial charge in [-0.05, 0) is 35.0 Å². The smallest absolute Gasteiger partial charge is 0.000979 e. The van der Waals surface area contributed by atoms with Crippen LogP contribution in [0.2, 0.25) is 0 Å². The Kier molecular flexibility index (Phi) is 15.7. The van der Waals surface area contributed by atoms with Crippen molar-refractivity contribution in [3.63, 3.8) is 0 Å². The van der Waals surface area contributed by atoms with Gasteiger partial charge in [-0.2, -0.15) is 0 Å². The Hall–Kier alpha value is 0.690. The molecule has 0 aromatic heterocycles. The van der Waals surface area contributed by atoms with Crippen LogP contribution in [-0.4, -0.2) is 29.0 Å². The lowest BCUT2D eigenvalue weighted by molar-refractivity contribution is 0.156. The lowest BCUT2D eigenvalue weighted by atomic mass is 9.95. The second-order valence-electron chi connectivity index (χ2n) is 7.04. The number of nitrogens with zero attached hydrogens (tertiary/aromatic N) is 1. The highest BCUT2D eigenvalue weighted by Crippen LogP contribution is 2.20. The minimum Gasteiger partial charge on any atom is -0.303 e. The van der Waals surface area contributed by atoms with E-state index < -0.39 is 0 Å². The maximum absolute atomic E-state index is 2.83. The molecule has 0 amide bonds. The molecule has 0 spiro atoms. The van der Waals surface area contributed by atoms with Crippen LogP contribution < -0.4 is 0 Å². The average Bonchev–Trinajstić information content (AvgIpc) is 2.55. The van der Waals surface area contributed by atoms with E-state index in [1.54, 1.807) is 0 Å². The summed E-state index contributed by atoms with van der Waals surface area (Å²) in [6.07, 6.45) is 10.9. The Morgan fingerprint density at radius 2 is 1.05 bits per heavy atom. The van der Waals surface area contributed by atoms with Gasteiger partial charge in [-0.25, -0.2) is 0 Å². The molecule has 0 rings (SSSR count). The van der Waals surface area contributed by atoms with Crippen molar-refractivity contribution in [2.75, 3.05) is 24.1 Å². The van der Waals surface area contributed by atoms with Gasteiger partial charge >= 0.3 is 0 Å². The minimum atomic E-state index is 0.890. The quantitative estimate of drug-likeness (QED) is 0.159. The van der Waals surface area contributed by atoms with Crippen LogP contribution in [0.3, 0.4) is 0 Å². The van der Waals surface area contributed by atoms with Crippen LogP contribution >= 0.6 is 22.6 Å². The summed E-state index contributed by atoms with van der Waals surface area (Å²) >= 11 is 2.51. The third kappa shape index (κ3) is 10.5. The molecule has 0 bridgehead atoms. The Balaban J connectivity index is 4.58. The molecule has 0 saturated carbocycles. The Morgan fingerprint density at radius 1 is 0.636 bits per heavy atom. The highest BCUT2D eigenvalue weighted by atomic mass is 127. The van der Waals surface area contributed by atoms with E-state index in [0.717, 1.165) is 17.8 Å². The molecule has 0 aliphatic carbocycles. The second-order valence-corrected chi connectivity index (χ2v) is 8.12. The van der Waals surface area contributed by atoms with E-state index in [4.69, 9.17) is 0 Å². The zero-order valence-corrected chi connectivity index (χ0v) is 18.2. The van der Waals surface area contributed by atoms with E-state index >= 15 is 0 Å². The van der Waals surface area contributed by atoms with Crippen LogP contribution in [0, 0.1) is 17.8 Å². The van der Waals surface area contributed by atoms with Gasteiger partial charge in [-0.1, -0.05) is 95.7 Å². The topological polar surface area (TPSA) is 3.24 Å². The summed E-state index contributed by atoms with van der Waals surface area (Å²) < 4.78 is 1.32. The highest BCUT2D eigenvalue weighted by Gasteiger charge is 2.18. The molecule has 134 valence electrons. The van der Waals surface area contributed by atoms with Crippen LogP contribution in [0.1, 0.15) is 86.0 Å². The van der Waals surface area contributed by atoms with Crippen molar-refractivity contribution < 1.29 is 0 Å². The summed E-state index contributed by atoms with van der Waals surface area (Å²) in [5.74, 6) is 2.69. The lowest BCUT2D eigenvalue weighted by Crippen LogP contribution is -2.37. The molecule has 0 aromatic rings. The van der Waals surface area contributed by atoms with E-state index in [1.807, 2.05) is 0 Å². The Labute approximate surface area is 155 Å². The summed E-state index contributed by atoms with van der Waals surface area (Å²) in [5, 5.41) is 0. The summed E-state index contributed by atoms with van der Waals surface area (Å²) in [6.45, 7) is 15.8.